The Hall–Kier alpha value is -1.96. The first-order chi connectivity index (χ1) is 8.20. The van der Waals surface area contributed by atoms with E-state index in [1.165, 1.54) is 5.56 Å². The number of benzene rings is 2. The lowest BCUT2D eigenvalue weighted by Gasteiger charge is -2.12. The third-order valence-electron chi connectivity index (χ3n) is 2.74. The maximum absolute atomic E-state index is 5.94. The van der Waals surface area contributed by atoms with Gasteiger partial charge < -0.3 is 10.5 Å². The van der Waals surface area contributed by atoms with Crippen molar-refractivity contribution in [2.75, 3.05) is 5.73 Å². The predicted molar refractivity (Wildman–Crippen MR) is 71.5 cm³/mol. The highest BCUT2D eigenvalue weighted by Gasteiger charge is 2.05. The molecule has 0 aromatic heterocycles. The van der Waals surface area contributed by atoms with E-state index in [1.807, 2.05) is 43.3 Å². The molecule has 2 heteroatoms. The van der Waals surface area contributed by atoms with Gasteiger partial charge in [0.2, 0.25) is 0 Å². The number of nitrogens with two attached hydrogens (primary N) is 1. The van der Waals surface area contributed by atoms with E-state index in [1.54, 1.807) is 0 Å². The monoisotopic (exact) mass is 227 g/mol. The van der Waals surface area contributed by atoms with Crippen LogP contribution in [-0.2, 0) is 6.42 Å². The topological polar surface area (TPSA) is 35.2 Å². The van der Waals surface area contributed by atoms with Gasteiger partial charge in [-0.3, -0.25) is 0 Å². The second-order valence-electron chi connectivity index (χ2n) is 4.10. The summed E-state index contributed by atoms with van der Waals surface area (Å²) in [4.78, 5) is 0. The van der Waals surface area contributed by atoms with Gasteiger partial charge in [0.15, 0.2) is 0 Å². The van der Waals surface area contributed by atoms with Crippen LogP contribution in [0.1, 0.15) is 18.1 Å². The molecule has 0 saturated heterocycles. The number of ether oxygens (including phenoxy) is 1. The van der Waals surface area contributed by atoms with Crippen molar-refractivity contribution < 1.29 is 4.74 Å². The van der Waals surface area contributed by atoms with Gasteiger partial charge in [-0.2, -0.15) is 0 Å². The molecule has 0 aliphatic rings. The zero-order valence-corrected chi connectivity index (χ0v) is 10.2. The molecule has 0 amide bonds. The first-order valence-corrected chi connectivity index (χ1v) is 5.82. The Balaban J connectivity index is 2.31. The Morgan fingerprint density at radius 3 is 2.53 bits per heavy atom. The fourth-order valence-corrected chi connectivity index (χ4v) is 1.77. The molecule has 0 unspecified atom stereocenters. The van der Waals surface area contributed by atoms with Crippen molar-refractivity contribution in [3.8, 4) is 11.5 Å². The maximum atomic E-state index is 5.94. The van der Waals surface area contributed by atoms with E-state index in [0.717, 1.165) is 23.5 Å². The normalized spacial score (nSPS) is 10.2. The number of hydrogen-bond donors (Lipinski definition) is 1. The number of anilines is 1. The first kappa shape index (κ1) is 11.5. The van der Waals surface area contributed by atoms with Gasteiger partial charge in [-0.05, 0) is 42.7 Å². The van der Waals surface area contributed by atoms with Gasteiger partial charge in [0.1, 0.15) is 11.5 Å². The zero-order chi connectivity index (χ0) is 12.3. The number of nitrogen functional groups attached to an aromatic ring is 1. The van der Waals surface area contributed by atoms with Crippen LogP contribution in [0, 0.1) is 6.92 Å². The fraction of sp³-hybridized carbons (Fsp3) is 0.200. The molecule has 0 atom stereocenters. The standard InChI is InChI=1S/C15H17NO/c1-3-12-6-4-5-7-14(12)17-15-9-8-11(2)10-13(15)16/h4-10H,3,16H2,1-2H3. The summed E-state index contributed by atoms with van der Waals surface area (Å²) in [5, 5.41) is 0. The summed E-state index contributed by atoms with van der Waals surface area (Å²) in [6, 6.07) is 13.9. The molecule has 2 N–H and O–H groups in total. The van der Waals surface area contributed by atoms with E-state index >= 15 is 0 Å². The third kappa shape index (κ3) is 2.59. The van der Waals surface area contributed by atoms with Gasteiger partial charge in [-0.15, -0.1) is 0 Å². The second kappa shape index (κ2) is 4.91. The van der Waals surface area contributed by atoms with Crippen LogP contribution in [0.5, 0.6) is 11.5 Å². The molecule has 0 fully saturated rings. The SMILES string of the molecule is CCc1ccccc1Oc1ccc(C)cc1N. The zero-order valence-electron chi connectivity index (χ0n) is 10.2. The van der Waals surface area contributed by atoms with E-state index < -0.39 is 0 Å². The summed E-state index contributed by atoms with van der Waals surface area (Å²) < 4.78 is 5.86. The molecule has 0 bridgehead atoms. The molecule has 0 aliphatic heterocycles. The molecule has 0 radical (unpaired) electrons. The van der Waals surface area contributed by atoms with Gasteiger partial charge in [0.25, 0.3) is 0 Å². The molecule has 2 aromatic rings. The molecule has 88 valence electrons. The van der Waals surface area contributed by atoms with Gasteiger partial charge in [0.05, 0.1) is 5.69 Å². The average Bonchev–Trinajstić information content (AvgIpc) is 2.33. The van der Waals surface area contributed by atoms with E-state index in [0.29, 0.717) is 5.69 Å². The highest BCUT2D eigenvalue weighted by Crippen LogP contribution is 2.30. The van der Waals surface area contributed by atoms with Crippen molar-refractivity contribution >= 4 is 5.69 Å². The Kier molecular flexibility index (Phi) is 3.33. The number of rotatable bonds is 3. The summed E-state index contributed by atoms with van der Waals surface area (Å²) in [6.07, 6.45) is 0.946. The summed E-state index contributed by atoms with van der Waals surface area (Å²) >= 11 is 0. The molecule has 2 nitrogen and oxygen atoms in total. The summed E-state index contributed by atoms with van der Waals surface area (Å²) in [5.74, 6) is 1.60. The van der Waals surface area contributed by atoms with Crippen molar-refractivity contribution in [2.24, 2.45) is 0 Å². The first-order valence-electron chi connectivity index (χ1n) is 5.82. The van der Waals surface area contributed by atoms with Gasteiger partial charge in [-0.1, -0.05) is 31.2 Å². The largest absolute Gasteiger partial charge is 0.455 e. The highest BCUT2D eigenvalue weighted by molar-refractivity contribution is 5.56. The Morgan fingerprint density at radius 1 is 1.06 bits per heavy atom. The molecular weight excluding hydrogens is 210 g/mol. The summed E-state index contributed by atoms with van der Waals surface area (Å²) in [6.45, 7) is 4.13. The van der Waals surface area contributed by atoms with Crippen LogP contribution in [0.3, 0.4) is 0 Å². The van der Waals surface area contributed by atoms with E-state index in [-0.39, 0.29) is 0 Å². The molecule has 0 heterocycles. The minimum absolute atomic E-state index is 0.677. The van der Waals surface area contributed by atoms with Crippen LogP contribution < -0.4 is 10.5 Å². The van der Waals surface area contributed by atoms with Crippen LogP contribution >= 0.6 is 0 Å². The fourth-order valence-electron chi connectivity index (χ4n) is 1.77. The van der Waals surface area contributed by atoms with Crippen molar-refractivity contribution in [1.29, 1.82) is 0 Å². The Morgan fingerprint density at radius 2 is 1.82 bits per heavy atom. The molecule has 0 aliphatic carbocycles. The van der Waals surface area contributed by atoms with E-state index in [2.05, 4.69) is 13.0 Å². The maximum Gasteiger partial charge on any atom is 0.150 e. The highest BCUT2D eigenvalue weighted by atomic mass is 16.5. The molecular formula is C15H17NO. The van der Waals surface area contributed by atoms with Crippen LogP contribution in [-0.4, -0.2) is 0 Å². The van der Waals surface area contributed by atoms with Crippen LogP contribution in [0.2, 0.25) is 0 Å². The summed E-state index contributed by atoms with van der Waals surface area (Å²) in [7, 11) is 0. The van der Waals surface area contributed by atoms with Crippen molar-refractivity contribution in [2.45, 2.75) is 20.3 Å². The average molecular weight is 227 g/mol. The lowest BCUT2D eigenvalue weighted by atomic mass is 10.1. The Labute approximate surface area is 102 Å². The molecule has 0 spiro atoms. The quantitative estimate of drug-likeness (QED) is 0.806. The number of aryl methyl sites for hydroxylation is 2. The minimum Gasteiger partial charge on any atom is -0.455 e. The van der Waals surface area contributed by atoms with Gasteiger partial charge >= 0.3 is 0 Å². The summed E-state index contributed by atoms with van der Waals surface area (Å²) in [5.41, 5.74) is 8.94. The smallest absolute Gasteiger partial charge is 0.150 e. The third-order valence-corrected chi connectivity index (χ3v) is 2.74. The predicted octanol–water partition coefficient (Wildman–Crippen LogP) is 3.93. The van der Waals surface area contributed by atoms with Crippen molar-refractivity contribution in [3.05, 3.63) is 53.6 Å². The minimum atomic E-state index is 0.677. The lowest BCUT2D eigenvalue weighted by molar-refractivity contribution is 0.479. The van der Waals surface area contributed by atoms with Crippen LogP contribution in [0.15, 0.2) is 42.5 Å². The van der Waals surface area contributed by atoms with Crippen molar-refractivity contribution in [3.63, 3.8) is 0 Å². The van der Waals surface area contributed by atoms with E-state index in [9.17, 15) is 0 Å². The molecule has 2 aromatic carbocycles. The van der Waals surface area contributed by atoms with Crippen molar-refractivity contribution in [1.82, 2.24) is 0 Å². The van der Waals surface area contributed by atoms with E-state index in [4.69, 9.17) is 10.5 Å². The number of para-hydroxylation sites is 1. The molecule has 17 heavy (non-hydrogen) atoms. The van der Waals surface area contributed by atoms with Gasteiger partial charge in [0, 0.05) is 0 Å². The Bertz CT molecular complexity index is 520. The van der Waals surface area contributed by atoms with Gasteiger partial charge in [-0.25, -0.2) is 0 Å². The van der Waals surface area contributed by atoms with Crippen LogP contribution in [0.4, 0.5) is 5.69 Å². The number of hydrogen-bond acceptors (Lipinski definition) is 2. The molecule has 0 saturated carbocycles. The molecule has 2 rings (SSSR count). The van der Waals surface area contributed by atoms with Crippen LogP contribution in [0.25, 0.3) is 0 Å². The second-order valence-corrected chi connectivity index (χ2v) is 4.10. The lowest BCUT2D eigenvalue weighted by Crippen LogP contribution is -1.95.